The van der Waals surface area contributed by atoms with Gasteiger partial charge in [-0.15, -0.1) is 11.8 Å². The molecule has 0 heterocycles. The Balaban J connectivity index is 1.69. The summed E-state index contributed by atoms with van der Waals surface area (Å²) in [6, 6.07) is 16.2. The zero-order chi connectivity index (χ0) is 23.3. The van der Waals surface area contributed by atoms with Crippen LogP contribution in [-0.4, -0.2) is 17.1 Å². The third-order valence-corrected chi connectivity index (χ3v) is 6.80. The second-order valence-corrected chi connectivity index (χ2v) is 9.77. The molecule has 0 aliphatic carbocycles. The van der Waals surface area contributed by atoms with Crippen molar-refractivity contribution in [3.63, 3.8) is 0 Å². The van der Waals surface area contributed by atoms with E-state index in [9.17, 15) is 14.0 Å². The van der Waals surface area contributed by atoms with E-state index in [0.717, 1.165) is 4.90 Å². The standard InChI is InChI=1S/C23H18BrCl2FN2O2S/c1-2-21(23(31)29-20-9-6-13(24)10-19(20)27)32-16-5-3-4-15(12-16)28-22(30)17-8-7-14(25)11-18(17)26/h3-12,21H,2H2,1H3,(H,28,30)(H,29,31). The van der Waals surface area contributed by atoms with E-state index in [2.05, 4.69) is 26.6 Å². The Morgan fingerprint density at radius 3 is 2.53 bits per heavy atom. The van der Waals surface area contributed by atoms with E-state index in [4.69, 9.17) is 23.2 Å². The van der Waals surface area contributed by atoms with Crippen LogP contribution in [0.1, 0.15) is 23.7 Å². The van der Waals surface area contributed by atoms with Gasteiger partial charge in [0, 0.05) is 20.1 Å². The first-order valence-electron chi connectivity index (χ1n) is 9.56. The Hall–Kier alpha value is -2.06. The molecule has 3 aromatic carbocycles. The van der Waals surface area contributed by atoms with Gasteiger partial charge in [-0.2, -0.15) is 0 Å². The number of benzene rings is 3. The smallest absolute Gasteiger partial charge is 0.257 e. The maximum Gasteiger partial charge on any atom is 0.257 e. The number of carbonyl (C=O) groups excluding carboxylic acids is 2. The van der Waals surface area contributed by atoms with Crippen LogP contribution in [-0.2, 0) is 4.79 Å². The largest absolute Gasteiger partial charge is 0.323 e. The Kier molecular flexibility index (Phi) is 8.59. The summed E-state index contributed by atoms with van der Waals surface area (Å²) in [7, 11) is 0. The first kappa shape index (κ1) is 24.6. The van der Waals surface area contributed by atoms with Gasteiger partial charge in [-0.25, -0.2) is 4.39 Å². The van der Waals surface area contributed by atoms with Crippen LogP contribution in [0.2, 0.25) is 10.0 Å². The van der Waals surface area contributed by atoms with Gasteiger partial charge in [0.2, 0.25) is 5.91 Å². The zero-order valence-electron chi connectivity index (χ0n) is 16.8. The topological polar surface area (TPSA) is 58.2 Å². The van der Waals surface area contributed by atoms with Gasteiger partial charge < -0.3 is 10.6 Å². The first-order valence-corrected chi connectivity index (χ1v) is 12.0. The molecule has 0 fully saturated rings. The number of hydrogen-bond acceptors (Lipinski definition) is 3. The molecule has 0 aromatic heterocycles. The number of amides is 2. The number of anilines is 2. The molecular weight excluding hydrogens is 538 g/mol. The van der Waals surface area contributed by atoms with Gasteiger partial charge in [-0.3, -0.25) is 9.59 Å². The average Bonchev–Trinajstić information content (AvgIpc) is 2.74. The van der Waals surface area contributed by atoms with E-state index >= 15 is 0 Å². The minimum atomic E-state index is -0.516. The predicted molar refractivity (Wildman–Crippen MR) is 134 cm³/mol. The van der Waals surface area contributed by atoms with Crippen LogP contribution in [0.25, 0.3) is 0 Å². The van der Waals surface area contributed by atoms with E-state index in [-0.39, 0.29) is 22.5 Å². The Morgan fingerprint density at radius 2 is 1.84 bits per heavy atom. The van der Waals surface area contributed by atoms with E-state index in [1.165, 1.54) is 30.0 Å². The number of nitrogens with one attached hydrogen (secondary N) is 2. The van der Waals surface area contributed by atoms with Gasteiger partial charge in [0.25, 0.3) is 5.91 Å². The summed E-state index contributed by atoms with van der Waals surface area (Å²) in [6.45, 7) is 1.88. The molecule has 3 rings (SSSR count). The van der Waals surface area contributed by atoms with E-state index < -0.39 is 11.1 Å². The fourth-order valence-electron chi connectivity index (χ4n) is 2.81. The van der Waals surface area contributed by atoms with Crippen LogP contribution in [0.15, 0.2) is 70.0 Å². The SMILES string of the molecule is CCC(Sc1cccc(NC(=O)c2ccc(Cl)cc2Cl)c1)C(=O)Nc1ccc(Br)cc1F. The third-order valence-electron chi connectivity index (χ3n) is 4.40. The predicted octanol–water partition coefficient (Wildman–Crippen LogP) is 7.66. The quantitative estimate of drug-likeness (QED) is 0.294. The summed E-state index contributed by atoms with van der Waals surface area (Å²) in [4.78, 5) is 26.0. The van der Waals surface area contributed by atoms with Crippen molar-refractivity contribution >= 4 is 74.1 Å². The summed E-state index contributed by atoms with van der Waals surface area (Å²) < 4.78 is 14.7. The second-order valence-electron chi connectivity index (χ2n) is 6.73. The summed E-state index contributed by atoms with van der Waals surface area (Å²) >= 11 is 16.5. The lowest BCUT2D eigenvalue weighted by atomic mass is 10.2. The minimum Gasteiger partial charge on any atom is -0.323 e. The van der Waals surface area contributed by atoms with Crippen molar-refractivity contribution < 1.29 is 14.0 Å². The molecule has 9 heteroatoms. The summed E-state index contributed by atoms with van der Waals surface area (Å²) in [6.07, 6.45) is 0.533. The highest BCUT2D eigenvalue weighted by Crippen LogP contribution is 2.30. The van der Waals surface area contributed by atoms with Crippen molar-refractivity contribution in [3.8, 4) is 0 Å². The first-order chi connectivity index (χ1) is 15.3. The molecule has 4 nitrogen and oxygen atoms in total. The van der Waals surface area contributed by atoms with Crippen LogP contribution in [0.4, 0.5) is 15.8 Å². The second kappa shape index (κ2) is 11.2. The van der Waals surface area contributed by atoms with E-state index in [1.54, 1.807) is 36.4 Å². The van der Waals surface area contributed by atoms with Crippen LogP contribution in [0.5, 0.6) is 0 Å². The summed E-state index contributed by atoms with van der Waals surface area (Å²) in [5, 5.41) is 5.68. The molecule has 0 aliphatic rings. The Labute approximate surface area is 208 Å². The molecular formula is C23H18BrCl2FN2O2S. The highest BCUT2D eigenvalue weighted by atomic mass is 79.9. The molecule has 2 N–H and O–H groups in total. The fourth-order valence-corrected chi connectivity index (χ4v) is 4.65. The van der Waals surface area contributed by atoms with Gasteiger partial charge in [-0.05, 0) is 61.0 Å². The lowest BCUT2D eigenvalue weighted by Crippen LogP contribution is -2.25. The third kappa shape index (κ3) is 6.48. The number of rotatable bonds is 7. The average molecular weight is 556 g/mol. The number of halogens is 4. The van der Waals surface area contributed by atoms with Gasteiger partial charge in [0.05, 0.1) is 21.5 Å². The van der Waals surface area contributed by atoms with E-state index in [0.29, 0.717) is 27.2 Å². The number of thioether (sulfide) groups is 1. The van der Waals surface area contributed by atoms with Crippen molar-refractivity contribution in [3.05, 3.63) is 86.6 Å². The number of carbonyl (C=O) groups is 2. The van der Waals surface area contributed by atoms with Gasteiger partial charge in [0.1, 0.15) is 5.82 Å². The highest BCUT2D eigenvalue weighted by molar-refractivity contribution is 9.10. The summed E-state index contributed by atoms with van der Waals surface area (Å²) in [5.41, 5.74) is 0.981. The fraction of sp³-hybridized carbons (Fsp3) is 0.130. The maximum absolute atomic E-state index is 14.1. The monoisotopic (exact) mass is 554 g/mol. The molecule has 1 atom stereocenters. The van der Waals surface area contributed by atoms with Crippen molar-refractivity contribution in [1.29, 1.82) is 0 Å². The van der Waals surface area contributed by atoms with Gasteiger partial charge >= 0.3 is 0 Å². The van der Waals surface area contributed by atoms with Crippen LogP contribution in [0, 0.1) is 5.82 Å². The lowest BCUT2D eigenvalue weighted by Gasteiger charge is -2.16. The van der Waals surface area contributed by atoms with E-state index in [1.807, 2.05) is 13.0 Å². The van der Waals surface area contributed by atoms with Crippen LogP contribution in [0.3, 0.4) is 0 Å². The van der Waals surface area contributed by atoms with Crippen LogP contribution >= 0.6 is 50.9 Å². The Bertz CT molecular complexity index is 1160. The molecule has 0 saturated heterocycles. The molecule has 0 radical (unpaired) electrons. The van der Waals surface area contributed by atoms with Crippen LogP contribution < -0.4 is 10.6 Å². The highest BCUT2D eigenvalue weighted by Gasteiger charge is 2.20. The van der Waals surface area contributed by atoms with Crippen molar-refractivity contribution in [2.45, 2.75) is 23.5 Å². The molecule has 0 spiro atoms. The number of hydrogen-bond donors (Lipinski definition) is 2. The van der Waals surface area contributed by atoms with Crippen molar-refractivity contribution in [1.82, 2.24) is 0 Å². The molecule has 0 saturated carbocycles. The van der Waals surface area contributed by atoms with Crippen molar-refractivity contribution in [2.75, 3.05) is 10.6 Å². The Morgan fingerprint density at radius 1 is 1.06 bits per heavy atom. The zero-order valence-corrected chi connectivity index (χ0v) is 20.7. The maximum atomic E-state index is 14.1. The molecule has 1 unspecified atom stereocenters. The summed E-state index contributed by atoms with van der Waals surface area (Å²) in [5.74, 6) is -1.19. The van der Waals surface area contributed by atoms with Gasteiger partial charge in [-0.1, -0.05) is 52.1 Å². The van der Waals surface area contributed by atoms with Crippen molar-refractivity contribution in [2.24, 2.45) is 0 Å². The van der Waals surface area contributed by atoms with Gasteiger partial charge in [0.15, 0.2) is 0 Å². The molecule has 32 heavy (non-hydrogen) atoms. The lowest BCUT2D eigenvalue weighted by molar-refractivity contribution is -0.115. The molecule has 0 aliphatic heterocycles. The molecule has 0 bridgehead atoms. The normalized spacial score (nSPS) is 11.7. The molecule has 3 aromatic rings. The molecule has 2 amide bonds. The molecule has 166 valence electrons. The minimum absolute atomic E-state index is 0.123.